The van der Waals surface area contributed by atoms with E-state index in [0.717, 1.165) is 16.7 Å². The summed E-state index contributed by atoms with van der Waals surface area (Å²) in [6.07, 6.45) is 0.664. The zero-order valence-corrected chi connectivity index (χ0v) is 11.3. The second-order valence-corrected chi connectivity index (χ2v) is 6.17. The Morgan fingerprint density at radius 3 is 2.33 bits per heavy atom. The molecule has 0 atom stereocenters. The maximum Gasteiger partial charge on any atom is 0.534 e. The zero-order valence-electron chi connectivity index (χ0n) is 10.5. The van der Waals surface area contributed by atoms with Crippen molar-refractivity contribution in [2.45, 2.75) is 11.9 Å². The van der Waals surface area contributed by atoms with Crippen LogP contribution in [0.15, 0.2) is 42.5 Å². The molecule has 0 aromatic heterocycles. The molecule has 2 aromatic carbocycles. The minimum absolute atomic E-state index is 0.345. The predicted octanol–water partition coefficient (Wildman–Crippen LogP) is 3.49. The average Bonchev–Trinajstić information content (AvgIpc) is 2.75. The van der Waals surface area contributed by atoms with Gasteiger partial charge in [-0.15, -0.1) is 0 Å². The normalized spacial score (nSPS) is 13.7. The fraction of sp³-hybridized carbons (Fsp3) is 0.143. The number of fused-ring (bicyclic) bond motifs is 3. The molecule has 2 aromatic rings. The van der Waals surface area contributed by atoms with Crippen LogP contribution in [0.2, 0.25) is 0 Å². The van der Waals surface area contributed by atoms with Gasteiger partial charge in [0.1, 0.15) is 5.75 Å². The summed E-state index contributed by atoms with van der Waals surface area (Å²) in [4.78, 5) is 0. The predicted molar refractivity (Wildman–Crippen MR) is 70.3 cm³/mol. The van der Waals surface area contributed by atoms with E-state index in [0.29, 0.717) is 12.0 Å². The van der Waals surface area contributed by atoms with E-state index in [-0.39, 0.29) is 5.75 Å². The number of hydrogen-bond acceptors (Lipinski definition) is 3. The molecule has 3 rings (SSSR count). The molecule has 3 nitrogen and oxygen atoms in total. The first-order chi connectivity index (χ1) is 9.78. The van der Waals surface area contributed by atoms with E-state index in [2.05, 4.69) is 4.18 Å². The van der Waals surface area contributed by atoms with Gasteiger partial charge >= 0.3 is 15.6 Å². The van der Waals surface area contributed by atoms with Gasteiger partial charge in [0.05, 0.1) is 0 Å². The second-order valence-electron chi connectivity index (χ2n) is 4.64. The fourth-order valence-corrected chi connectivity index (χ4v) is 2.78. The van der Waals surface area contributed by atoms with E-state index in [1.54, 1.807) is 6.07 Å². The molecule has 0 aliphatic heterocycles. The zero-order chi connectivity index (χ0) is 15.3. The third-order valence-electron chi connectivity index (χ3n) is 3.26. The Hall–Kier alpha value is -2.02. The fourth-order valence-electron chi connectivity index (χ4n) is 2.33. The largest absolute Gasteiger partial charge is 0.534 e. The Bertz CT molecular complexity index is 810. The lowest BCUT2D eigenvalue weighted by Crippen LogP contribution is -2.28. The second kappa shape index (κ2) is 4.49. The van der Waals surface area contributed by atoms with Crippen molar-refractivity contribution < 1.29 is 25.8 Å². The van der Waals surface area contributed by atoms with Crippen LogP contribution in [0.25, 0.3) is 11.1 Å². The highest BCUT2D eigenvalue weighted by atomic mass is 32.2. The molecule has 1 aliphatic carbocycles. The monoisotopic (exact) mass is 314 g/mol. The van der Waals surface area contributed by atoms with Gasteiger partial charge in [-0.05, 0) is 40.8 Å². The van der Waals surface area contributed by atoms with Crippen molar-refractivity contribution in [1.82, 2.24) is 0 Å². The molecule has 0 N–H and O–H groups in total. The van der Waals surface area contributed by atoms with Gasteiger partial charge in [-0.25, -0.2) is 0 Å². The summed E-state index contributed by atoms with van der Waals surface area (Å²) in [5.74, 6) is -0.345. The molecule has 0 fully saturated rings. The van der Waals surface area contributed by atoms with Crippen LogP contribution in [0.5, 0.6) is 5.75 Å². The molecule has 0 bridgehead atoms. The van der Waals surface area contributed by atoms with Gasteiger partial charge in [-0.2, -0.15) is 21.6 Å². The van der Waals surface area contributed by atoms with E-state index in [4.69, 9.17) is 0 Å². The van der Waals surface area contributed by atoms with Crippen LogP contribution >= 0.6 is 0 Å². The first-order valence-electron chi connectivity index (χ1n) is 6.00. The molecule has 0 saturated heterocycles. The molecular weight excluding hydrogens is 305 g/mol. The quantitative estimate of drug-likeness (QED) is 0.537. The average molecular weight is 314 g/mol. The number of halogens is 3. The van der Waals surface area contributed by atoms with Crippen molar-refractivity contribution >= 4 is 10.1 Å². The molecule has 0 radical (unpaired) electrons. The molecule has 1 aliphatic rings. The number of benzene rings is 2. The van der Waals surface area contributed by atoms with Crippen LogP contribution in [-0.4, -0.2) is 13.9 Å². The Balaban J connectivity index is 2.00. The van der Waals surface area contributed by atoms with E-state index in [1.807, 2.05) is 24.3 Å². The lowest BCUT2D eigenvalue weighted by molar-refractivity contribution is -0.0500. The van der Waals surface area contributed by atoms with Crippen molar-refractivity contribution in [2.24, 2.45) is 0 Å². The highest BCUT2D eigenvalue weighted by Crippen LogP contribution is 2.39. The maximum atomic E-state index is 12.3. The third-order valence-corrected chi connectivity index (χ3v) is 4.24. The summed E-state index contributed by atoms with van der Waals surface area (Å²) in [7, 11) is -5.65. The SMILES string of the molecule is O=S(=O)(Oc1ccc2c(c1)-c1ccccc1C2)C(F)(F)F. The number of hydrogen-bond donors (Lipinski definition) is 0. The third kappa shape index (κ3) is 2.37. The number of alkyl halides is 3. The molecule has 0 unspecified atom stereocenters. The summed E-state index contributed by atoms with van der Waals surface area (Å²) in [6, 6.07) is 11.6. The first-order valence-corrected chi connectivity index (χ1v) is 7.41. The molecule has 110 valence electrons. The summed E-state index contributed by atoms with van der Waals surface area (Å²) >= 11 is 0. The first kappa shape index (κ1) is 13.9. The molecule has 0 saturated carbocycles. The Morgan fingerprint density at radius 2 is 1.62 bits per heavy atom. The Morgan fingerprint density at radius 1 is 0.952 bits per heavy atom. The van der Waals surface area contributed by atoms with Crippen LogP contribution in [0.4, 0.5) is 13.2 Å². The molecule has 21 heavy (non-hydrogen) atoms. The van der Waals surface area contributed by atoms with Gasteiger partial charge in [0.25, 0.3) is 0 Å². The minimum atomic E-state index is -5.65. The van der Waals surface area contributed by atoms with Gasteiger partial charge in [0.2, 0.25) is 0 Å². The standard InChI is InChI=1S/C14H9F3O3S/c15-14(16,17)21(18,19)20-11-6-5-10-7-9-3-1-2-4-12(9)13(10)8-11/h1-6,8H,7H2. The maximum absolute atomic E-state index is 12.3. The highest BCUT2D eigenvalue weighted by molar-refractivity contribution is 7.88. The van der Waals surface area contributed by atoms with Crippen LogP contribution in [-0.2, 0) is 16.5 Å². The summed E-state index contributed by atoms with van der Waals surface area (Å²) in [5, 5.41) is 0. The molecule has 0 spiro atoms. The molecule has 0 heterocycles. The molecular formula is C14H9F3O3S. The van der Waals surface area contributed by atoms with E-state index in [1.165, 1.54) is 12.1 Å². The smallest absolute Gasteiger partial charge is 0.376 e. The lowest BCUT2D eigenvalue weighted by Gasteiger charge is -2.10. The molecule has 7 heteroatoms. The molecule has 0 amide bonds. The van der Waals surface area contributed by atoms with Gasteiger partial charge in [-0.3, -0.25) is 0 Å². The Labute approximate surface area is 119 Å². The van der Waals surface area contributed by atoms with Gasteiger partial charge in [-0.1, -0.05) is 30.3 Å². The van der Waals surface area contributed by atoms with Crippen LogP contribution in [0, 0.1) is 0 Å². The van der Waals surface area contributed by atoms with Crippen molar-refractivity contribution in [3.63, 3.8) is 0 Å². The van der Waals surface area contributed by atoms with Crippen molar-refractivity contribution in [1.29, 1.82) is 0 Å². The van der Waals surface area contributed by atoms with Crippen LogP contribution in [0.3, 0.4) is 0 Å². The van der Waals surface area contributed by atoms with Crippen molar-refractivity contribution in [3.8, 4) is 16.9 Å². The van der Waals surface area contributed by atoms with Gasteiger partial charge in [0.15, 0.2) is 0 Å². The summed E-state index contributed by atoms with van der Waals surface area (Å²) < 4.78 is 63.2. The van der Waals surface area contributed by atoms with Crippen LogP contribution < -0.4 is 4.18 Å². The Kier molecular flexibility index (Phi) is 2.98. The van der Waals surface area contributed by atoms with Crippen LogP contribution in [0.1, 0.15) is 11.1 Å². The topological polar surface area (TPSA) is 43.4 Å². The van der Waals surface area contributed by atoms with Crippen molar-refractivity contribution in [3.05, 3.63) is 53.6 Å². The van der Waals surface area contributed by atoms with Crippen molar-refractivity contribution in [2.75, 3.05) is 0 Å². The van der Waals surface area contributed by atoms with Gasteiger partial charge in [0, 0.05) is 0 Å². The van der Waals surface area contributed by atoms with E-state index in [9.17, 15) is 21.6 Å². The summed E-state index contributed by atoms with van der Waals surface area (Å²) in [5.41, 5.74) is -1.90. The van der Waals surface area contributed by atoms with Gasteiger partial charge < -0.3 is 4.18 Å². The highest BCUT2D eigenvalue weighted by Gasteiger charge is 2.48. The van der Waals surface area contributed by atoms with E-state index >= 15 is 0 Å². The number of rotatable bonds is 2. The van der Waals surface area contributed by atoms with E-state index < -0.39 is 15.6 Å². The summed E-state index contributed by atoms with van der Waals surface area (Å²) in [6.45, 7) is 0. The lowest BCUT2D eigenvalue weighted by atomic mass is 10.1. The minimum Gasteiger partial charge on any atom is -0.376 e.